The van der Waals surface area contributed by atoms with Crippen molar-refractivity contribution in [2.45, 2.75) is 19.9 Å². The van der Waals surface area contributed by atoms with Crippen molar-refractivity contribution in [2.75, 3.05) is 4.90 Å². The van der Waals surface area contributed by atoms with Crippen LogP contribution in [0.25, 0.3) is 0 Å². The van der Waals surface area contributed by atoms with Crippen LogP contribution in [-0.4, -0.2) is 16.9 Å². The number of hydrogen-bond donors (Lipinski definition) is 0. The molecule has 0 aliphatic carbocycles. The van der Waals surface area contributed by atoms with Crippen molar-refractivity contribution in [3.05, 3.63) is 30.3 Å². The first-order valence-corrected chi connectivity index (χ1v) is 5.04. The minimum atomic E-state index is 0.282. The standard InChI is InChI=1S/C11H12N2S/c1-8-9(2)13(11(14)12-8)10-6-4-3-5-7-10/h3-7,9H,1-2H3. The number of rotatable bonds is 1. The molecule has 0 spiro atoms. The van der Waals surface area contributed by atoms with Crippen LogP contribution in [0, 0.1) is 0 Å². The van der Waals surface area contributed by atoms with E-state index in [0.717, 1.165) is 11.4 Å². The van der Waals surface area contributed by atoms with Crippen LogP contribution in [0.15, 0.2) is 35.3 Å². The minimum absolute atomic E-state index is 0.282. The van der Waals surface area contributed by atoms with Gasteiger partial charge in [0.15, 0.2) is 0 Å². The Balaban J connectivity index is 2.34. The fraction of sp³-hybridized carbons (Fsp3) is 0.273. The van der Waals surface area contributed by atoms with Crippen LogP contribution in [0.5, 0.6) is 0 Å². The van der Waals surface area contributed by atoms with Gasteiger partial charge in [0.25, 0.3) is 0 Å². The van der Waals surface area contributed by atoms with Crippen molar-refractivity contribution in [3.63, 3.8) is 0 Å². The van der Waals surface area contributed by atoms with Gasteiger partial charge in [0.1, 0.15) is 0 Å². The fourth-order valence-corrected chi connectivity index (χ4v) is 1.98. The molecule has 0 radical (unpaired) electrons. The molecule has 1 heterocycles. The number of hydrogen-bond acceptors (Lipinski definition) is 1. The second-order valence-corrected chi connectivity index (χ2v) is 3.78. The third-order valence-electron chi connectivity index (χ3n) is 2.50. The summed E-state index contributed by atoms with van der Waals surface area (Å²) in [5.41, 5.74) is 2.20. The van der Waals surface area contributed by atoms with E-state index in [1.807, 2.05) is 25.1 Å². The highest BCUT2D eigenvalue weighted by molar-refractivity contribution is 7.80. The van der Waals surface area contributed by atoms with Gasteiger partial charge in [-0.05, 0) is 38.2 Å². The highest BCUT2D eigenvalue weighted by Crippen LogP contribution is 2.22. The second-order valence-electron chi connectivity index (χ2n) is 3.42. The van der Waals surface area contributed by atoms with Crippen LogP contribution in [-0.2, 0) is 0 Å². The quantitative estimate of drug-likeness (QED) is 0.653. The summed E-state index contributed by atoms with van der Waals surface area (Å²) in [6.45, 7) is 4.13. The average molecular weight is 204 g/mol. The summed E-state index contributed by atoms with van der Waals surface area (Å²) in [4.78, 5) is 6.38. The molecule has 1 aromatic rings. The van der Waals surface area contributed by atoms with Gasteiger partial charge in [-0.3, -0.25) is 0 Å². The maximum Gasteiger partial charge on any atom is 0.200 e. The predicted molar refractivity (Wildman–Crippen MR) is 64.1 cm³/mol. The zero-order valence-electron chi connectivity index (χ0n) is 8.27. The van der Waals surface area contributed by atoms with Crippen molar-refractivity contribution >= 4 is 28.7 Å². The maximum atomic E-state index is 5.22. The Bertz CT molecular complexity index is 384. The molecule has 1 atom stereocenters. The summed E-state index contributed by atoms with van der Waals surface area (Å²) in [5.74, 6) is 0. The number of aliphatic imine (C=N–C) groups is 1. The van der Waals surface area contributed by atoms with Crippen LogP contribution < -0.4 is 4.90 Å². The van der Waals surface area contributed by atoms with Crippen molar-refractivity contribution in [1.29, 1.82) is 0 Å². The van der Waals surface area contributed by atoms with E-state index in [2.05, 4.69) is 28.9 Å². The van der Waals surface area contributed by atoms with Gasteiger partial charge in [0, 0.05) is 11.4 Å². The first-order valence-electron chi connectivity index (χ1n) is 4.63. The molecule has 14 heavy (non-hydrogen) atoms. The summed E-state index contributed by atoms with van der Waals surface area (Å²) in [6.07, 6.45) is 0. The summed E-state index contributed by atoms with van der Waals surface area (Å²) >= 11 is 5.22. The van der Waals surface area contributed by atoms with Gasteiger partial charge in [-0.15, -0.1) is 0 Å². The number of thiocarbonyl (C=S) groups is 1. The van der Waals surface area contributed by atoms with E-state index in [9.17, 15) is 0 Å². The van der Waals surface area contributed by atoms with Crippen LogP contribution >= 0.6 is 12.2 Å². The molecule has 0 bridgehead atoms. The normalized spacial score (nSPS) is 21.3. The van der Waals surface area contributed by atoms with Gasteiger partial charge in [-0.25, -0.2) is 4.99 Å². The van der Waals surface area contributed by atoms with Gasteiger partial charge < -0.3 is 4.90 Å². The molecular formula is C11H12N2S. The Kier molecular flexibility index (Phi) is 2.33. The van der Waals surface area contributed by atoms with Gasteiger partial charge in [-0.2, -0.15) is 0 Å². The first-order chi connectivity index (χ1) is 6.70. The highest BCUT2D eigenvalue weighted by Gasteiger charge is 2.26. The zero-order valence-corrected chi connectivity index (χ0v) is 9.08. The smallest absolute Gasteiger partial charge is 0.200 e. The Morgan fingerprint density at radius 1 is 1.29 bits per heavy atom. The van der Waals surface area contributed by atoms with Gasteiger partial charge in [-0.1, -0.05) is 18.2 Å². The molecule has 3 heteroatoms. The van der Waals surface area contributed by atoms with Crippen molar-refractivity contribution in [2.24, 2.45) is 4.99 Å². The largest absolute Gasteiger partial charge is 0.309 e. The molecule has 1 aliphatic rings. The minimum Gasteiger partial charge on any atom is -0.309 e. The number of para-hydroxylation sites is 1. The molecule has 2 nitrogen and oxygen atoms in total. The fourth-order valence-electron chi connectivity index (χ4n) is 1.57. The van der Waals surface area contributed by atoms with Crippen molar-refractivity contribution < 1.29 is 0 Å². The third kappa shape index (κ3) is 1.44. The molecule has 0 fully saturated rings. The molecule has 0 N–H and O–H groups in total. The van der Waals surface area contributed by atoms with Crippen LogP contribution in [0.2, 0.25) is 0 Å². The lowest BCUT2D eigenvalue weighted by molar-refractivity contribution is 0.959. The molecule has 72 valence electrons. The van der Waals surface area contributed by atoms with E-state index in [4.69, 9.17) is 12.2 Å². The monoisotopic (exact) mass is 204 g/mol. The number of nitrogens with zero attached hydrogens (tertiary/aromatic N) is 2. The molecule has 2 rings (SSSR count). The maximum absolute atomic E-state index is 5.22. The predicted octanol–water partition coefficient (Wildman–Crippen LogP) is 2.64. The Morgan fingerprint density at radius 2 is 1.93 bits per heavy atom. The summed E-state index contributed by atoms with van der Waals surface area (Å²) in [7, 11) is 0. The van der Waals surface area contributed by atoms with Gasteiger partial charge >= 0.3 is 0 Å². The van der Waals surface area contributed by atoms with Crippen molar-refractivity contribution in [1.82, 2.24) is 0 Å². The molecule has 1 unspecified atom stereocenters. The Labute approximate surface area is 89.3 Å². The Hall–Kier alpha value is -1.22. The molecule has 1 aliphatic heterocycles. The average Bonchev–Trinajstić information content (AvgIpc) is 2.43. The molecule has 0 saturated heterocycles. The second kappa shape index (κ2) is 3.50. The third-order valence-corrected chi connectivity index (χ3v) is 2.79. The Morgan fingerprint density at radius 3 is 2.43 bits per heavy atom. The van der Waals surface area contributed by atoms with E-state index < -0.39 is 0 Å². The zero-order chi connectivity index (χ0) is 10.1. The summed E-state index contributed by atoms with van der Waals surface area (Å²) < 4.78 is 0. The van der Waals surface area contributed by atoms with E-state index in [-0.39, 0.29) is 6.04 Å². The van der Waals surface area contributed by atoms with Crippen LogP contribution in [0.3, 0.4) is 0 Å². The molecule has 1 aromatic carbocycles. The summed E-state index contributed by atoms with van der Waals surface area (Å²) in [6, 6.07) is 10.4. The molecular weight excluding hydrogens is 192 g/mol. The topological polar surface area (TPSA) is 15.6 Å². The number of anilines is 1. The van der Waals surface area contributed by atoms with E-state index in [1.165, 1.54) is 0 Å². The lowest BCUT2D eigenvalue weighted by atomic mass is 10.2. The van der Waals surface area contributed by atoms with Crippen LogP contribution in [0.4, 0.5) is 5.69 Å². The lowest BCUT2D eigenvalue weighted by Crippen LogP contribution is -2.34. The molecule has 0 aromatic heterocycles. The van der Waals surface area contributed by atoms with Crippen molar-refractivity contribution in [3.8, 4) is 0 Å². The van der Waals surface area contributed by atoms with Crippen LogP contribution in [0.1, 0.15) is 13.8 Å². The number of benzene rings is 1. The van der Waals surface area contributed by atoms with Gasteiger partial charge in [0.05, 0.1) is 6.04 Å². The van der Waals surface area contributed by atoms with E-state index >= 15 is 0 Å². The highest BCUT2D eigenvalue weighted by atomic mass is 32.1. The molecule has 0 amide bonds. The molecule has 0 saturated carbocycles. The van der Waals surface area contributed by atoms with E-state index in [1.54, 1.807) is 0 Å². The summed E-state index contributed by atoms with van der Waals surface area (Å²) in [5, 5.41) is 0.668. The first kappa shape index (κ1) is 9.34. The lowest BCUT2D eigenvalue weighted by Gasteiger charge is -2.22. The SMILES string of the molecule is CC1=NC(=S)N(c2ccccc2)C1C. The van der Waals surface area contributed by atoms with E-state index in [0.29, 0.717) is 5.11 Å². The van der Waals surface area contributed by atoms with Gasteiger partial charge in [0.2, 0.25) is 5.11 Å².